The van der Waals surface area contributed by atoms with Gasteiger partial charge in [0, 0.05) is 4.47 Å². The Labute approximate surface area is 136 Å². The predicted molar refractivity (Wildman–Crippen MR) is 91.3 cm³/mol. The molecule has 1 heterocycles. The van der Waals surface area contributed by atoms with Crippen LogP contribution >= 0.6 is 15.9 Å². The van der Waals surface area contributed by atoms with Crippen molar-refractivity contribution >= 4 is 26.8 Å². The number of nitrogens with one attached hydrogen (secondary N) is 1. The highest BCUT2D eigenvalue weighted by Crippen LogP contribution is 2.31. The van der Waals surface area contributed by atoms with Gasteiger partial charge in [-0.25, -0.2) is 4.98 Å². The van der Waals surface area contributed by atoms with E-state index in [1.165, 1.54) is 0 Å². The van der Waals surface area contributed by atoms with Crippen LogP contribution in [0.15, 0.2) is 51.7 Å². The number of hydrogen-bond acceptors (Lipinski definition) is 3. The van der Waals surface area contributed by atoms with Crippen LogP contribution in [0, 0.1) is 0 Å². The number of aromatic nitrogens is 2. The minimum Gasteiger partial charge on any atom is -0.493 e. The summed E-state index contributed by atoms with van der Waals surface area (Å²) in [5.74, 6) is 1.22. The molecule has 0 saturated carbocycles. The summed E-state index contributed by atoms with van der Waals surface area (Å²) in [6.45, 7) is 2.66. The third-order valence-electron chi connectivity index (χ3n) is 3.27. The fourth-order valence-corrected chi connectivity index (χ4v) is 2.58. The van der Waals surface area contributed by atoms with Gasteiger partial charge in [0.15, 0.2) is 0 Å². The number of benzene rings is 2. The van der Waals surface area contributed by atoms with Crippen LogP contribution in [0.1, 0.15) is 13.3 Å². The van der Waals surface area contributed by atoms with Crippen LogP contribution in [-0.4, -0.2) is 16.6 Å². The Hall–Kier alpha value is -2.14. The highest BCUT2D eigenvalue weighted by molar-refractivity contribution is 9.10. The highest BCUT2D eigenvalue weighted by atomic mass is 79.9. The maximum atomic E-state index is 12.2. The number of H-pyrrole nitrogens is 1. The fraction of sp³-hybridized carbons (Fsp3) is 0.176. The zero-order chi connectivity index (χ0) is 15.5. The van der Waals surface area contributed by atoms with Crippen molar-refractivity contribution in [1.29, 1.82) is 0 Å². The number of fused-ring (bicyclic) bond motifs is 1. The van der Waals surface area contributed by atoms with Gasteiger partial charge in [0.25, 0.3) is 5.56 Å². The summed E-state index contributed by atoms with van der Waals surface area (Å²) in [7, 11) is 0. The number of hydrogen-bond donors (Lipinski definition) is 1. The minimum atomic E-state index is -0.148. The third-order valence-corrected chi connectivity index (χ3v) is 3.77. The molecular weight excluding hydrogens is 344 g/mol. The van der Waals surface area contributed by atoms with Crippen molar-refractivity contribution in [2.45, 2.75) is 13.3 Å². The standard InChI is InChI=1S/C17H15BrN2O2/c1-2-9-22-15-10-11(18)7-8-13(15)16-19-14-6-4-3-5-12(14)17(21)20-16/h3-8,10H,2,9H2,1H3,(H,19,20,21). The Bertz CT molecular complexity index is 874. The van der Waals surface area contributed by atoms with Crippen molar-refractivity contribution in [1.82, 2.24) is 9.97 Å². The van der Waals surface area contributed by atoms with E-state index in [1.807, 2.05) is 43.3 Å². The lowest BCUT2D eigenvalue weighted by Gasteiger charge is -2.11. The molecular formula is C17H15BrN2O2. The van der Waals surface area contributed by atoms with Gasteiger partial charge in [-0.3, -0.25) is 4.79 Å². The Kier molecular flexibility index (Phi) is 4.24. The Morgan fingerprint density at radius 3 is 2.86 bits per heavy atom. The molecule has 0 radical (unpaired) electrons. The molecule has 3 rings (SSSR count). The van der Waals surface area contributed by atoms with Crippen LogP contribution in [0.25, 0.3) is 22.3 Å². The van der Waals surface area contributed by atoms with Crippen LogP contribution in [0.5, 0.6) is 5.75 Å². The van der Waals surface area contributed by atoms with Crippen LogP contribution in [-0.2, 0) is 0 Å². The summed E-state index contributed by atoms with van der Waals surface area (Å²) >= 11 is 3.44. The van der Waals surface area contributed by atoms with Crippen LogP contribution in [0.3, 0.4) is 0 Å². The van der Waals surface area contributed by atoms with Crippen molar-refractivity contribution in [2.24, 2.45) is 0 Å². The van der Waals surface area contributed by atoms with Gasteiger partial charge in [0.1, 0.15) is 11.6 Å². The number of aromatic amines is 1. The van der Waals surface area contributed by atoms with E-state index >= 15 is 0 Å². The van der Waals surface area contributed by atoms with Gasteiger partial charge in [-0.15, -0.1) is 0 Å². The zero-order valence-electron chi connectivity index (χ0n) is 12.1. The first-order valence-corrected chi connectivity index (χ1v) is 7.90. The van der Waals surface area contributed by atoms with E-state index in [1.54, 1.807) is 6.07 Å². The summed E-state index contributed by atoms with van der Waals surface area (Å²) in [6, 6.07) is 13.0. The highest BCUT2D eigenvalue weighted by Gasteiger charge is 2.11. The number of ether oxygens (including phenoxy) is 1. The van der Waals surface area contributed by atoms with Crippen molar-refractivity contribution in [3.8, 4) is 17.1 Å². The van der Waals surface area contributed by atoms with E-state index in [4.69, 9.17) is 4.74 Å². The first-order chi connectivity index (χ1) is 10.7. The second kappa shape index (κ2) is 6.32. The van der Waals surface area contributed by atoms with Crippen molar-refractivity contribution in [2.75, 3.05) is 6.61 Å². The first-order valence-electron chi connectivity index (χ1n) is 7.11. The quantitative estimate of drug-likeness (QED) is 0.762. The summed E-state index contributed by atoms with van der Waals surface area (Å²) in [5, 5.41) is 0.583. The van der Waals surface area contributed by atoms with Crippen LogP contribution in [0.2, 0.25) is 0 Å². The number of para-hydroxylation sites is 1. The molecule has 5 heteroatoms. The molecule has 1 aromatic heterocycles. The van der Waals surface area contributed by atoms with Gasteiger partial charge in [-0.1, -0.05) is 35.0 Å². The largest absolute Gasteiger partial charge is 0.493 e. The third kappa shape index (κ3) is 2.90. The lowest BCUT2D eigenvalue weighted by molar-refractivity contribution is 0.318. The summed E-state index contributed by atoms with van der Waals surface area (Å²) < 4.78 is 6.70. The van der Waals surface area contributed by atoms with Gasteiger partial charge >= 0.3 is 0 Å². The van der Waals surface area contributed by atoms with Crippen molar-refractivity contribution in [3.63, 3.8) is 0 Å². The van der Waals surface area contributed by atoms with Crippen LogP contribution in [0.4, 0.5) is 0 Å². The van der Waals surface area contributed by atoms with Crippen molar-refractivity contribution in [3.05, 3.63) is 57.3 Å². The maximum Gasteiger partial charge on any atom is 0.259 e. The predicted octanol–water partition coefficient (Wildman–Crippen LogP) is 4.14. The van der Waals surface area contributed by atoms with E-state index in [-0.39, 0.29) is 5.56 Å². The zero-order valence-corrected chi connectivity index (χ0v) is 13.7. The maximum absolute atomic E-state index is 12.2. The van der Waals surface area contributed by atoms with Gasteiger partial charge in [-0.05, 0) is 36.8 Å². The normalized spacial score (nSPS) is 10.8. The molecule has 0 amide bonds. The molecule has 0 bridgehead atoms. The Balaban J connectivity index is 2.16. The molecule has 0 saturated heterocycles. The van der Waals surface area contributed by atoms with Gasteiger partial charge in [-0.2, -0.15) is 0 Å². The molecule has 0 spiro atoms. The fourth-order valence-electron chi connectivity index (χ4n) is 2.24. The average molecular weight is 359 g/mol. The van der Waals surface area contributed by atoms with E-state index in [0.29, 0.717) is 29.1 Å². The second-order valence-corrected chi connectivity index (χ2v) is 5.84. The van der Waals surface area contributed by atoms with Crippen molar-refractivity contribution < 1.29 is 4.74 Å². The van der Waals surface area contributed by atoms with E-state index in [2.05, 4.69) is 25.9 Å². The summed E-state index contributed by atoms with van der Waals surface area (Å²) in [5.41, 5.74) is 1.30. The molecule has 112 valence electrons. The monoisotopic (exact) mass is 358 g/mol. The summed E-state index contributed by atoms with van der Waals surface area (Å²) in [4.78, 5) is 19.6. The lowest BCUT2D eigenvalue weighted by atomic mass is 10.1. The van der Waals surface area contributed by atoms with E-state index in [0.717, 1.165) is 16.5 Å². The molecule has 3 aromatic rings. The summed E-state index contributed by atoms with van der Waals surface area (Å²) in [6.07, 6.45) is 0.910. The SMILES string of the molecule is CCCOc1cc(Br)ccc1-c1nc2ccccc2c(=O)[nH]1. The minimum absolute atomic E-state index is 0.148. The molecule has 0 aliphatic rings. The number of halogens is 1. The Morgan fingerprint density at radius 2 is 2.05 bits per heavy atom. The smallest absolute Gasteiger partial charge is 0.259 e. The number of rotatable bonds is 4. The Morgan fingerprint density at radius 1 is 1.23 bits per heavy atom. The van der Waals surface area contributed by atoms with Crippen LogP contribution < -0.4 is 10.3 Å². The van der Waals surface area contributed by atoms with Gasteiger partial charge in [0.05, 0.1) is 23.1 Å². The van der Waals surface area contributed by atoms with Gasteiger partial charge in [0.2, 0.25) is 0 Å². The molecule has 1 N–H and O–H groups in total. The number of nitrogens with zero attached hydrogens (tertiary/aromatic N) is 1. The molecule has 0 aliphatic heterocycles. The van der Waals surface area contributed by atoms with E-state index in [9.17, 15) is 4.79 Å². The molecule has 0 fully saturated rings. The first kappa shape index (κ1) is 14.8. The average Bonchev–Trinajstić information content (AvgIpc) is 2.53. The second-order valence-electron chi connectivity index (χ2n) is 4.92. The van der Waals surface area contributed by atoms with Gasteiger partial charge < -0.3 is 9.72 Å². The molecule has 0 atom stereocenters. The lowest BCUT2D eigenvalue weighted by Crippen LogP contribution is -2.10. The molecule has 2 aromatic carbocycles. The molecule has 0 unspecified atom stereocenters. The molecule has 0 aliphatic carbocycles. The topological polar surface area (TPSA) is 55.0 Å². The molecule has 4 nitrogen and oxygen atoms in total. The molecule has 22 heavy (non-hydrogen) atoms. The van der Waals surface area contributed by atoms with E-state index < -0.39 is 0 Å².